The monoisotopic (exact) mass is 351 g/mol. The molecule has 0 fully saturated rings. The van der Waals surface area contributed by atoms with E-state index in [1.807, 2.05) is 0 Å². The Kier molecular flexibility index (Phi) is 16.7. The van der Waals surface area contributed by atoms with Crippen molar-refractivity contribution in [2.75, 3.05) is 0 Å². The normalized spacial score (nSPS) is 9.67. The van der Waals surface area contributed by atoms with Crippen LogP contribution in [-0.4, -0.2) is 35.0 Å². The van der Waals surface area contributed by atoms with Crippen molar-refractivity contribution < 1.29 is 76.3 Å². The molecule has 12 heteroatoms. The molecule has 0 rings (SSSR count). The van der Waals surface area contributed by atoms with Gasteiger partial charge in [-0.05, 0) is 0 Å². The molecule has 72 valence electrons. The molecular weight excluding hydrogens is 347 g/mol. The van der Waals surface area contributed by atoms with Crippen LogP contribution in [0.25, 0.3) is 0 Å². The van der Waals surface area contributed by atoms with E-state index < -0.39 is 20.8 Å². The molecule has 0 unspecified atom stereocenters. The Morgan fingerprint density at radius 3 is 0.667 bits per heavy atom. The van der Waals surface area contributed by atoms with Crippen LogP contribution in [0.1, 0.15) is 0 Å². The number of quaternary nitrogens is 1. The average molecular weight is 351 g/mol. The van der Waals surface area contributed by atoms with Crippen molar-refractivity contribution in [3.8, 4) is 0 Å². The molecule has 9 nitrogen and oxygen atoms in total. The molecule has 0 aromatic heterocycles. The molecule has 0 aliphatic rings. The van der Waals surface area contributed by atoms with Crippen molar-refractivity contribution in [2.45, 2.75) is 0 Å². The van der Waals surface area contributed by atoms with Gasteiger partial charge >= 0.3 is 41.3 Å². The minimum Gasteiger partial charge on any atom is -0.759 e. The Labute approximate surface area is 102 Å². The number of rotatable bonds is 0. The van der Waals surface area contributed by atoms with Gasteiger partial charge in [0.1, 0.15) is 0 Å². The van der Waals surface area contributed by atoms with Gasteiger partial charge < -0.3 is 24.4 Å². The van der Waals surface area contributed by atoms with E-state index in [0.29, 0.717) is 0 Å². The summed E-state index contributed by atoms with van der Waals surface area (Å²) in [5.41, 5.74) is 0. The van der Waals surface area contributed by atoms with Gasteiger partial charge in [-0.15, -0.1) is 0 Å². The van der Waals surface area contributed by atoms with Crippen LogP contribution in [0.4, 0.5) is 0 Å². The van der Waals surface area contributed by atoms with Crippen molar-refractivity contribution in [3.05, 3.63) is 0 Å². The van der Waals surface area contributed by atoms with E-state index in [-0.39, 0.29) is 47.4 Å². The second-order valence-corrected chi connectivity index (χ2v) is 2.45. The zero-order chi connectivity index (χ0) is 9.00. The molecule has 0 aromatic rings. The largest absolute Gasteiger partial charge is 3.00 e. The molecule has 0 saturated carbocycles. The Hall–Kier alpha value is 1.06. The van der Waals surface area contributed by atoms with Crippen molar-refractivity contribution in [1.29, 1.82) is 0 Å². The van der Waals surface area contributed by atoms with E-state index in [0.717, 1.165) is 0 Å². The van der Waals surface area contributed by atoms with Gasteiger partial charge in [0.05, 0.1) is 0 Å². The summed E-state index contributed by atoms with van der Waals surface area (Å²) in [6.07, 6.45) is 0. The van der Waals surface area contributed by atoms with Crippen molar-refractivity contribution in [2.24, 2.45) is 0 Å². The number of hydrogen-bond donors (Lipinski definition) is 1. The van der Waals surface area contributed by atoms with E-state index in [9.17, 15) is 0 Å². The van der Waals surface area contributed by atoms with E-state index in [4.69, 9.17) is 35.0 Å². The fourth-order valence-corrected chi connectivity index (χ4v) is 0. The maximum absolute atomic E-state index is 8.52. The minimum atomic E-state index is -5.17. The van der Waals surface area contributed by atoms with Gasteiger partial charge in [0, 0.05) is 20.8 Å². The van der Waals surface area contributed by atoms with Crippen molar-refractivity contribution in [1.82, 2.24) is 6.15 Å². The quantitative estimate of drug-likeness (QED) is 0.371. The molecule has 0 aromatic carbocycles. The topological polar surface area (TPSA) is 197 Å². The molecule has 0 radical (unpaired) electrons. The third-order valence-corrected chi connectivity index (χ3v) is 0. The SMILES string of the molecule is O=S(=O)([O-])[O-].O=S(=O)([O-])[O-].[NH4+].[Pr+3]. The summed E-state index contributed by atoms with van der Waals surface area (Å²) >= 11 is 0. The van der Waals surface area contributed by atoms with Gasteiger partial charge in [-0.2, -0.15) is 0 Å². The summed E-state index contributed by atoms with van der Waals surface area (Å²) in [5, 5.41) is 0. The van der Waals surface area contributed by atoms with Crippen LogP contribution in [0, 0.1) is 41.3 Å². The van der Waals surface area contributed by atoms with Crippen LogP contribution in [0.2, 0.25) is 0 Å². The van der Waals surface area contributed by atoms with Crippen LogP contribution in [-0.2, 0) is 20.8 Å². The molecule has 0 saturated heterocycles. The summed E-state index contributed by atoms with van der Waals surface area (Å²) in [5.74, 6) is 0. The molecule has 0 aliphatic carbocycles. The van der Waals surface area contributed by atoms with Crippen molar-refractivity contribution >= 4 is 20.8 Å². The van der Waals surface area contributed by atoms with Gasteiger partial charge in [0.25, 0.3) is 0 Å². The summed E-state index contributed by atoms with van der Waals surface area (Å²) in [6, 6.07) is 0. The first-order chi connectivity index (χ1) is 4.00. The standard InChI is InChI=1S/H3N.2H2O4S.Pr/c;2*1-5(2,3)4;/h1H3;2*(H2,1,2,3,4);/q;;;+3/p-3. The van der Waals surface area contributed by atoms with Crippen LogP contribution >= 0.6 is 0 Å². The van der Waals surface area contributed by atoms with Crippen LogP contribution in [0.3, 0.4) is 0 Å². The first-order valence-electron chi connectivity index (χ1n) is 1.33. The summed E-state index contributed by atoms with van der Waals surface area (Å²) in [4.78, 5) is 0. The van der Waals surface area contributed by atoms with E-state index in [1.54, 1.807) is 0 Å². The Morgan fingerprint density at radius 2 is 0.667 bits per heavy atom. The molecule has 12 heavy (non-hydrogen) atoms. The molecule has 0 atom stereocenters. The molecule has 0 heterocycles. The predicted octanol–water partition coefficient (Wildman–Crippen LogP) is -2.30. The zero-order valence-electron chi connectivity index (χ0n) is 5.66. The van der Waals surface area contributed by atoms with E-state index in [2.05, 4.69) is 0 Å². The zero-order valence-corrected chi connectivity index (χ0v) is 11.0. The van der Waals surface area contributed by atoms with Gasteiger partial charge in [0.15, 0.2) is 0 Å². The smallest absolute Gasteiger partial charge is 0.759 e. The van der Waals surface area contributed by atoms with Gasteiger partial charge in [0.2, 0.25) is 0 Å². The van der Waals surface area contributed by atoms with E-state index >= 15 is 0 Å². The summed E-state index contributed by atoms with van der Waals surface area (Å²) in [6.45, 7) is 0. The average Bonchev–Trinajstić information content (AvgIpc) is 1.12. The molecule has 4 N–H and O–H groups in total. The first-order valence-corrected chi connectivity index (χ1v) is 4.00. The van der Waals surface area contributed by atoms with Crippen molar-refractivity contribution in [3.63, 3.8) is 0 Å². The fourth-order valence-electron chi connectivity index (χ4n) is 0. The van der Waals surface area contributed by atoms with E-state index in [1.165, 1.54) is 0 Å². The third-order valence-electron chi connectivity index (χ3n) is 0. The number of hydrogen-bond acceptors (Lipinski definition) is 8. The summed E-state index contributed by atoms with van der Waals surface area (Å²) in [7, 11) is -10.3. The molecule has 0 spiro atoms. The van der Waals surface area contributed by atoms with Crippen LogP contribution in [0.5, 0.6) is 0 Å². The molecule has 0 aliphatic heterocycles. The second kappa shape index (κ2) is 8.65. The second-order valence-electron chi connectivity index (χ2n) is 0.816. The Balaban J connectivity index is -0.0000000457. The maximum Gasteiger partial charge on any atom is 3.00 e. The minimum absolute atomic E-state index is 0. The van der Waals surface area contributed by atoms with Gasteiger partial charge in [-0.25, -0.2) is 0 Å². The summed E-state index contributed by atoms with van der Waals surface area (Å²) < 4.78 is 68.2. The Bertz CT molecular complexity index is 213. The molecular formula is H4NO8PrS2. The van der Waals surface area contributed by atoms with Gasteiger partial charge in [-0.1, -0.05) is 0 Å². The van der Waals surface area contributed by atoms with Crippen LogP contribution < -0.4 is 6.15 Å². The third kappa shape index (κ3) is 990. The predicted molar refractivity (Wildman–Crippen MR) is 26.9 cm³/mol. The fraction of sp³-hybridized carbons (Fsp3) is 0. The molecule has 0 bridgehead atoms. The maximum atomic E-state index is 8.52. The van der Waals surface area contributed by atoms with Crippen LogP contribution in [0.15, 0.2) is 0 Å². The van der Waals surface area contributed by atoms with Gasteiger partial charge in [-0.3, -0.25) is 16.8 Å². The Morgan fingerprint density at radius 1 is 0.667 bits per heavy atom. The molecule has 0 amide bonds. The first kappa shape index (κ1) is 23.1.